The molecule has 1 atom stereocenters. The molecule has 0 aliphatic carbocycles. The van der Waals surface area contributed by atoms with Crippen LogP contribution in [0.4, 0.5) is 4.39 Å². The molecule has 1 aliphatic rings. The van der Waals surface area contributed by atoms with E-state index in [0.29, 0.717) is 36.7 Å². The summed E-state index contributed by atoms with van der Waals surface area (Å²) in [5.74, 6) is -0.428. The molecule has 2 aromatic rings. The lowest BCUT2D eigenvalue weighted by molar-refractivity contribution is 0.0787. The average molecular weight is 377 g/mol. The van der Waals surface area contributed by atoms with Crippen molar-refractivity contribution >= 4 is 15.9 Å². The minimum Gasteiger partial charge on any atom is -0.338 e. The first-order valence-corrected chi connectivity index (χ1v) is 9.76. The van der Waals surface area contributed by atoms with Crippen LogP contribution in [-0.4, -0.2) is 38.9 Å². The lowest BCUT2D eigenvalue weighted by Crippen LogP contribution is -2.29. The van der Waals surface area contributed by atoms with Crippen LogP contribution in [0.5, 0.6) is 0 Å². The van der Waals surface area contributed by atoms with Crippen LogP contribution in [0.25, 0.3) is 11.1 Å². The Balaban J connectivity index is 1.81. The van der Waals surface area contributed by atoms with E-state index in [9.17, 15) is 17.6 Å². The van der Waals surface area contributed by atoms with Crippen LogP contribution in [0.15, 0.2) is 47.4 Å². The molecule has 0 saturated carbocycles. The van der Waals surface area contributed by atoms with Gasteiger partial charge in [0.2, 0.25) is 10.0 Å². The minimum atomic E-state index is -3.96. The predicted molar refractivity (Wildman–Crippen MR) is 96.3 cm³/mol. The van der Waals surface area contributed by atoms with Crippen molar-refractivity contribution in [3.63, 3.8) is 0 Å². The van der Waals surface area contributed by atoms with E-state index in [4.69, 9.17) is 10.9 Å². The fraction of sp³-hybridized carbons (Fsp3) is 0.278. The summed E-state index contributed by atoms with van der Waals surface area (Å²) in [6, 6.07) is 10.1. The van der Waals surface area contributed by atoms with Gasteiger partial charge in [0.05, 0.1) is 4.90 Å². The molecular formula is C18H20FN3O3S. The van der Waals surface area contributed by atoms with Crippen molar-refractivity contribution in [2.45, 2.75) is 11.3 Å². The molecule has 1 unspecified atom stereocenters. The van der Waals surface area contributed by atoms with Gasteiger partial charge in [0.15, 0.2) is 0 Å². The third-order valence-corrected chi connectivity index (χ3v) is 5.53. The summed E-state index contributed by atoms with van der Waals surface area (Å²) >= 11 is 0. The largest absolute Gasteiger partial charge is 0.338 e. The summed E-state index contributed by atoms with van der Waals surface area (Å²) < 4.78 is 36.8. The van der Waals surface area contributed by atoms with Gasteiger partial charge in [-0.25, -0.2) is 17.9 Å². The molecule has 26 heavy (non-hydrogen) atoms. The highest BCUT2D eigenvalue weighted by Crippen LogP contribution is 2.26. The zero-order valence-corrected chi connectivity index (χ0v) is 14.9. The highest BCUT2D eigenvalue weighted by Gasteiger charge is 2.26. The van der Waals surface area contributed by atoms with Gasteiger partial charge in [-0.15, -0.1) is 0 Å². The summed E-state index contributed by atoms with van der Waals surface area (Å²) in [4.78, 5) is 14.0. The van der Waals surface area contributed by atoms with E-state index < -0.39 is 15.8 Å². The Morgan fingerprint density at radius 3 is 2.42 bits per heavy atom. The second-order valence-electron chi connectivity index (χ2n) is 6.41. The molecule has 0 radical (unpaired) electrons. The number of nitrogens with two attached hydrogens (primary N) is 2. The molecule has 1 saturated heterocycles. The smallest absolute Gasteiger partial charge is 0.253 e. The van der Waals surface area contributed by atoms with E-state index in [2.05, 4.69) is 0 Å². The monoisotopic (exact) mass is 377 g/mol. The summed E-state index contributed by atoms with van der Waals surface area (Å²) in [5, 5.41) is 5.00. The van der Waals surface area contributed by atoms with Crippen molar-refractivity contribution in [1.29, 1.82) is 0 Å². The van der Waals surface area contributed by atoms with E-state index >= 15 is 0 Å². The number of carbonyl (C=O) groups is 1. The topological polar surface area (TPSA) is 106 Å². The lowest BCUT2D eigenvalue weighted by Gasteiger charge is -2.16. The first-order chi connectivity index (χ1) is 12.3. The molecule has 0 spiro atoms. The molecule has 138 valence electrons. The van der Waals surface area contributed by atoms with E-state index in [0.717, 1.165) is 12.5 Å². The molecule has 1 amide bonds. The Bertz CT molecular complexity index is 929. The van der Waals surface area contributed by atoms with E-state index in [1.54, 1.807) is 29.2 Å². The Kier molecular flexibility index (Phi) is 5.08. The highest BCUT2D eigenvalue weighted by atomic mass is 32.2. The zero-order valence-electron chi connectivity index (χ0n) is 14.1. The van der Waals surface area contributed by atoms with E-state index in [1.807, 2.05) is 0 Å². The molecule has 3 rings (SSSR count). The van der Waals surface area contributed by atoms with Gasteiger partial charge in [-0.3, -0.25) is 4.79 Å². The number of carbonyl (C=O) groups excluding carboxylic acids is 1. The summed E-state index contributed by atoms with van der Waals surface area (Å²) in [7, 11) is -3.96. The van der Waals surface area contributed by atoms with Crippen LogP contribution >= 0.6 is 0 Å². The minimum absolute atomic E-state index is 0.0717. The molecular weight excluding hydrogens is 357 g/mol. The third-order valence-electron chi connectivity index (χ3n) is 4.62. The van der Waals surface area contributed by atoms with Gasteiger partial charge >= 0.3 is 0 Å². The van der Waals surface area contributed by atoms with Crippen LogP contribution in [0.2, 0.25) is 0 Å². The average Bonchev–Trinajstić information content (AvgIpc) is 3.09. The van der Waals surface area contributed by atoms with Crippen LogP contribution < -0.4 is 10.9 Å². The van der Waals surface area contributed by atoms with Gasteiger partial charge in [-0.1, -0.05) is 18.2 Å². The number of hydrogen-bond acceptors (Lipinski definition) is 4. The van der Waals surface area contributed by atoms with Crippen molar-refractivity contribution < 1.29 is 17.6 Å². The normalized spacial score (nSPS) is 17.5. The number of rotatable bonds is 4. The number of sulfonamides is 1. The Morgan fingerprint density at radius 2 is 1.88 bits per heavy atom. The molecule has 2 aromatic carbocycles. The number of nitrogens with zero attached hydrogens (tertiary/aromatic N) is 1. The molecule has 1 fully saturated rings. The zero-order chi connectivity index (χ0) is 18.9. The highest BCUT2D eigenvalue weighted by molar-refractivity contribution is 7.89. The molecule has 0 bridgehead atoms. The number of amides is 1. The Labute approximate surface area is 151 Å². The van der Waals surface area contributed by atoms with Crippen LogP contribution in [0.3, 0.4) is 0 Å². The maximum atomic E-state index is 14.2. The third kappa shape index (κ3) is 3.77. The van der Waals surface area contributed by atoms with Gasteiger partial charge in [0, 0.05) is 24.2 Å². The fourth-order valence-corrected chi connectivity index (χ4v) is 3.62. The van der Waals surface area contributed by atoms with Gasteiger partial charge in [0.25, 0.3) is 5.91 Å². The first-order valence-electron chi connectivity index (χ1n) is 8.21. The first kappa shape index (κ1) is 18.5. The molecule has 1 heterocycles. The number of primary sulfonamides is 1. The SMILES string of the molecule is NCC1CCN(C(=O)c2ccc(-c3ccc(S(N)(=O)=O)cc3F)cc2)C1. The molecule has 4 N–H and O–H groups in total. The molecule has 1 aliphatic heterocycles. The second kappa shape index (κ2) is 7.14. The summed E-state index contributed by atoms with van der Waals surface area (Å²) in [5.41, 5.74) is 6.95. The van der Waals surface area contributed by atoms with Crippen molar-refractivity contribution in [3.8, 4) is 11.1 Å². The van der Waals surface area contributed by atoms with E-state index in [-0.39, 0.29) is 16.4 Å². The lowest BCUT2D eigenvalue weighted by atomic mass is 10.0. The van der Waals surface area contributed by atoms with Crippen LogP contribution in [0.1, 0.15) is 16.8 Å². The number of likely N-dealkylation sites (tertiary alicyclic amines) is 1. The maximum Gasteiger partial charge on any atom is 0.253 e. The second-order valence-corrected chi connectivity index (χ2v) is 7.97. The number of benzene rings is 2. The van der Waals surface area contributed by atoms with Crippen molar-refractivity contribution in [1.82, 2.24) is 4.90 Å². The fourth-order valence-electron chi connectivity index (χ4n) is 3.09. The molecule has 6 nitrogen and oxygen atoms in total. The van der Waals surface area contributed by atoms with Crippen molar-refractivity contribution in [3.05, 3.63) is 53.8 Å². The van der Waals surface area contributed by atoms with Crippen LogP contribution in [0, 0.1) is 11.7 Å². The number of hydrogen-bond donors (Lipinski definition) is 2. The Morgan fingerprint density at radius 1 is 1.19 bits per heavy atom. The number of halogens is 1. The molecule has 8 heteroatoms. The standard InChI is InChI=1S/C18H20FN3O3S/c19-17-9-15(26(21,24)25)5-6-16(17)13-1-3-14(4-2-13)18(23)22-8-7-12(10-20)11-22/h1-6,9,12H,7-8,10-11,20H2,(H2,21,24,25). The summed E-state index contributed by atoms with van der Waals surface area (Å²) in [6.45, 7) is 1.91. The summed E-state index contributed by atoms with van der Waals surface area (Å²) in [6.07, 6.45) is 0.905. The van der Waals surface area contributed by atoms with Crippen molar-refractivity contribution in [2.75, 3.05) is 19.6 Å². The maximum absolute atomic E-state index is 14.2. The Hall–Kier alpha value is -2.29. The van der Waals surface area contributed by atoms with Gasteiger partial charge in [-0.2, -0.15) is 0 Å². The van der Waals surface area contributed by atoms with Crippen molar-refractivity contribution in [2.24, 2.45) is 16.8 Å². The molecule has 0 aromatic heterocycles. The van der Waals surface area contributed by atoms with Gasteiger partial charge < -0.3 is 10.6 Å². The van der Waals surface area contributed by atoms with Gasteiger partial charge in [0.1, 0.15) is 5.82 Å². The van der Waals surface area contributed by atoms with Crippen LogP contribution in [-0.2, 0) is 10.0 Å². The van der Waals surface area contributed by atoms with Gasteiger partial charge in [-0.05, 0) is 48.7 Å². The van der Waals surface area contributed by atoms with E-state index in [1.165, 1.54) is 12.1 Å². The quantitative estimate of drug-likeness (QED) is 0.843. The predicted octanol–water partition coefficient (Wildman–Crippen LogP) is 1.56.